The second-order valence-electron chi connectivity index (χ2n) is 4.47. The number of imide groups is 1. The predicted octanol–water partition coefficient (Wildman–Crippen LogP) is 2.20. The fraction of sp³-hybridized carbons (Fsp3) is 0.231. The molecule has 0 radical (unpaired) electrons. The van der Waals surface area contributed by atoms with E-state index in [0.717, 1.165) is 28.0 Å². The second-order valence-corrected chi connectivity index (χ2v) is 6.34. The highest BCUT2D eigenvalue weighted by molar-refractivity contribution is 7.14. The van der Waals surface area contributed by atoms with Crippen molar-refractivity contribution in [1.82, 2.24) is 10.0 Å². The van der Waals surface area contributed by atoms with Gasteiger partial charge < -0.3 is 5.11 Å². The smallest absolute Gasteiger partial charge is 0.413 e. The first-order valence-electron chi connectivity index (χ1n) is 6.38. The monoisotopic (exact) mass is 355 g/mol. The van der Waals surface area contributed by atoms with Crippen LogP contribution in [0.3, 0.4) is 0 Å². The van der Waals surface area contributed by atoms with Gasteiger partial charge in [0, 0.05) is 17.2 Å². The molecule has 23 heavy (non-hydrogen) atoms. The summed E-state index contributed by atoms with van der Waals surface area (Å²) in [5.41, 5.74) is 0.285. The maximum atomic E-state index is 11.6. The number of carboxylic acid groups (broad SMARTS) is 1. The Morgan fingerprint density at radius 1 is 1.30 bits per heavy atom. The van der Waals surface area contributed by atoms with E-state index >= 15 is 0 Å². The van der Waals surface area contributed by atoms with Crippen molar-refractivity contribution < 1.29 is 24.7 Å². The standard InChI is InChI=1S/C13H13N3O5S2/c1-8(17)16(21)11(18)5-9-7-23-12(14-9)15(13(19)20)6-10-3-2-4-22-10/h2-4,7,21H,5-6H2,1H3,(H,19,20). The highest BCUT2D eigenvalue weighted by Gasteiger charge is 2.21. The van der Waals surface area contributed by atoms with Crippen LogP contribution in [0.25, 0.3) is 0 Å². The lowest BCUT2D eigenvalue weighted by Gasteiger charge is -2.14. The van der Waals surface area contributed by atoms with Crippen molar-refractivity contribution in [3.63, 3.8) is 0 Å². The Bertz CT molecular complexity index is 713. The quantitative estimate of drug-likeness (QED) is 0.628. The Kier molecular flexibility index (Phi) is 5.42. The lowest BCUT2D eigenvalue weighted by Crippen LogP contribution is -2.33. The van der Waals surface area contributed by atoms with Crippen molar-refractivity contribution in [3.8, 4) is 0 Å². The highest BCUT2D eigenvalue weighted by atomic mass is 32.1. The van der Waals surface area contributed by atoms with Crippen LogP contribution < -0.4 is 4.90 Å². The van der Waals surface area contributed by atoms with Gasteiger partial charge in [0.15, 0.2) is 5.13 Å². The van der Waals surface area contributed by atoms with Gasteiger partial charge in [0.2, 0.25) is 5.91 Å². The summed E-state index contributed by atoms with van der Waals surface area (Å²) in [4.78, 5) is 39.9. The molecule has 2 N–H and O–H groups in total. The van der Waals surface area contributed by atoms with Gasteiger partial charge in [-0.1, -0.05) is 6.07 Å². The van der Waals surface area contributed by atoms with Crippen molar-refractivity contribution in [2.75, 3.05) is 4.90 Å². The van der Waals surface area contributed by atoms with Crippen LogP contribution in [0.2, 0.25) is 0 Å². The SMILES string of the molecule is CC(=O)N(O)C(=O)Cc1csc(N(Cc2cccs2)C(=O)O)n1. The molecule has 8 nitrogen and oxygen atoms in total. The first-order chi connectivity index (χ1) is 10.9. The molecule has 2 rings (SSSR count). The van der Waals surface area contributed by atoms with E-state index in [2.05, 4.69) is 4.98 Å². The van der Waals surface area contributed by atoms with E-state index in [0.29, 0.717) is 0 Å². The molecular formula is C13H13N3O5S2. The predicted molar refractivity (Wildman–Crippen MR) is 83.7 cm³/mol. The van der Waals surface area contributed by atoms with Gasteiger partial charge in [-0.3, -0.25) is 14.8 Å². The minimum atomic E-state index is -1.15. The zero-order valence-corrected chi connectivity index (χ0v) is 13.6. The molecule has 0 unspecified atom stereocenters. The average molecular weight is 355 g/mol. The van der Waals surface area contributed by atoms with Gasteiger partial charge in [-0.15, -0.1) is 22.7 Å². The Hall–Kier alpha value is -2.30. The van der Waals surface area contributed by atoms with Crippen molar-refractivity contribution in [2.45, 2.75) is 19.9 Å². The van der Waals surface area contributed by atoms with Crippen LogP contribution in [-0.4, -0.2) is 38.3 Å². The Balaban J connectivity index is 2.11. The maximum Gasteiger partial charge on any atom is 0.413 e. The second kappa shape index (κ2) is 7.31. The van der Waals surface area contributed by atoms with Gasteiger partial charge in [0.25, 0.3) is 5.91 Å². The van der Waals surface area contributed by atoms with E-state index in [1.54, 1.807) is 0 Å². The number of thiazole rings is 1. The molecule has 0 saturated heterocycles. The van der Waals surface area contributed by atoms with E-state index in [9.17, 15) is 24.7 Å². The van der Waals surface area contributed by atoms with Crippen LogP contribution in [0.1, 0.15) is 17.5 Å². The summed E-state index contributed by atoms with van der Waals surface area (Å²) >= 11 is 2.50. The molecule has 10 heteroatoms. The van der Waals surface area contributed by atoms with Crippen LogP contribution >= 0.6 is 22.7 Å². The van der Waals surface area contributed by atoms with Crippen molar-refractivity contribution in [1.29, 1.82) is 0 Å². The number of nitrogens with zero attached hydrogens (tertiary/aromatic N) is 3. The molecule has 0 aliphatic carbocycles. The van der Waals surface area contributed by atoms with Crippen LogP contribution in [0, 0.1) is 0 Å². The molecule has 0 fully saturated rings. The molecule has 0 aromatic carbocycles. The summed E-state index contributed by atoms with van der Waals surface area (Å²) in [6, 6.07) is 3.64. The number of thiophene rings is 1. The third-order valence-electron chi connectivity index (χ3n) is 2.76. The molecule has 0 bridgehead atoms. The van der Waals surface area contributed by atoms with Gasteiger partial charge in [-0.05, 0) is 11.4 Å². The third-order valence-corrected chi connectivity index (χ3v) is 4.54. The summed E-state index contributed by atoms with van der Waals surface area (Å²) in [7, 11) is 0. The Morgan fingerprint density at radius 3 is 2.61 bits per heavy atom. The highest BCUT2D eigenvalue weighted by Crippen LogP contribution is 2.24. The van der Waals surface area contributed by atoms with Crippen LogP contribution in [0.5, 0.6) is 0 Å². The number of aromatic nitrogens is 1. The first-order valence-corrected chi connectivity index (χ1v) is 8.14. The number of carbonyl (C=O) groups excluding carboxylic acids is 2. The molecule has 2 heterocycles. The van der Waals surface area contributed by atoms with Crippen LogP contribution in [0.15, 0.2) is 22.9 Å². The van der Waals surface area contributed by atoms with Crippen LogP contribution in [-0.2, 0) is 22.6 Å². The third kappa shape index (κ3) is 4.34. The van der Waals surface area contributed by atoms with Crippen molar-refractivity contribution in [3.05, 3.63) is 33.5 Å². The molecule has 0 aliphatic rings. The summed E-state index contributed by atoms with van der Waals surface area (Å²) in [5.74, 6) is -1.62. The van der Waals surface area contributed by atoms with E-state index in [1.807, 2.05) is 17.5 Å². The molecule has 0 spiro atoms. The number of hydrogen-bond acceptors (Lipinski definition) is 7. The Labute approximate surface area is 139 Å². The molecule has 122 valence electrons. The lowest BCUT2D eigenvalue weighted by atomic mass is 10.3. The zero-order chi connectivity index (χ0) is 17.0. The minimum absolute atomic E-state index is 0.0135. The normalized spacial score (nSPS) is 10.3. The van der Waals surface area contributed by atoms with Crippen LogP contribution in [0.4, 0.5) is 9.93 Å². The van der Waals surface area contributed by atoms with Gasteiger partial charge in [0.1, 0.15) is 0 Å². The number of anilines is 1. The van der Waals surface area contributed by atoms with Crippen molar-refractivity contribution >= 4 is 45.7 Å². The summed E-state index contributed by atoms with van der Waals surface area (Å²) in [6.45, 7) is 1.21. The number of carbonyl (C=O) groups is 3. The fourth-order valence-corrected chi connectivity index (χ4v) is 3.19. The topological polar surface area (TPSA) is 111 Å². The molecule has 3 amide bonds. The number of hydroxylamine groups is 2. The molecule has 0 atom stereocenters. The van der Waals surface area contributed by atoms with E-state index < -0.39 is 17.9 Å². The molecule has 0 saturated carbocycles. The maximum absolute atomic E-state index is 11.6. The largest absolute Gasteiger partial charge is 0.465 e. The van der Waals surface area contributed by atoms with Gasteiger partial charge in [0.05, 0.1) is 18.7 Å². The number of amides is 3. The lowest BCUT2D eigenvalue weighted by molar-refractivity contribution is -0.176. The van der Waals surface area contributed by atoms with Gasteiger partial charge in [-0.2, -0.15) is 5.06 Å². The number of rotatable bonds is 5. The van der Waals surface area contributed by atoms with E-state index in [-0.39, 0.29) is 28.9 Å². The first kappa shape index (κ1) is 17.1. The summed E-state index contributed by atoms with van der Waals surface area (Å²) in [6.07, 6.45) is -1.45. The molecule has 0 aliphatic heterocycles. The van der Waals surface area contributed by atoms with E-state index in [1.165, 1.54) is 16.7 Å². The summed E-state index contributed by atoms with van der Waals surface area (Å²) < 4.78 is 0. The van der Waals surface area contributed by atoms with Crippen molar-refractivity contribution in [2.24, 2.45) is 0 Å². The van der Waals surface area contributed by atoms with Gasteiger partial charge in [-0.25, -0.2) is 14.7 Å². The Morgan fingerprint density at radius 2 is 2.04 bits per heavy atom. The van der Waals surface area contributed by atoms with Gasteiger partial charge >= 0.3 is 6.09 Å². The minimum Gasteiger partial charge on any atom is -0.465 e. The zero-order valence-electron chi connectivity index (χ0n) is 12.0. The molecular weight excluding hydrogens is 342 g/mol. The number of hydrogen-bond donors (Lipinski definition) is 2. The summed E-state index contributed by atoms with van der Waals surface area (Å²) in [5, 5.41) is 22.2. The fourth-order valence-electron chi connectivity index (χ4n) is 1.68. The van der Waals surface area contributed by atoms with E-state index in [4.69, 9.17) is 0 Å². The average Bonchev–Trinajstić information content (AvgIpc) is 3.14. The molecule has 2 aromatic heterocycles. The molecule has 2 aromatic rings.